The Morgan fingerprint density at radius 2 is 1.72 bits per heavy atom. The molecule has 2 amide bonds. The lowest BCUT2D eigenvalue weighted by atomic mass is 10.1. The molecule has 0 aromatic heterocycles. The first-order chi connectivity index (χ1) is 12.0. The van der Waals surface area contributed by atoms with Gasteiger partial charge in [-0.15, -0.1) is 0 Å². The number of methoxy groups -OCH3 is 1. The molecule has 0 atom stereocenters. The Morgan fingerprint density at radius 1 is 1.00 bits per heavy atom. The van der Waals surface area contributed by atoms with Crippen LogP contribution in [0, 0.1) is 0 Å². The molecular formula is C19H23N3O3. The van der Waals surface area contributed by atoms with Gasteiger partial charge in [0.05, 0.1) is 7.11 Å². The van der Waals surface area contributed by atoms with Crippen LogP contribution < -0.4 is 15.4 Å². The second kappa shape index (κ2) is 8.84. The molecule has 2 aromatic carbocycles. The maximum atomic E-state index is 12.3. The van der Waals surface area contributed by atoms with E-state index >= 15 is 0 Å². The fraction of sp³-hybridized carbons (Fsp3) is 0.263. The van der Waals surface area contributed by atoms with Crippen LogP contribution in [-0.4, -0.2) is 51.0 Å². The first-order valence-electron chi connectivity index (χ1n) is 7.98. The highest BCUT2D eigenvalue weighted by Crippen LogP contribution is 2.15. The number of ether oxygens (including phenoxy) is 1. The maximum Gasteiger partial charge on any atom is 0.255 e. The van der Waals surface area contributed by atoms with E-state index in [2.05, 4.69) is 10.6 Å². The first kappa shape index (κ1) is 18.5. The zero-order valence-corrected chi connectivity index (χ0v) is 14.7. The fourth-order valence-electron chi connectivity index (χ4n) is 2.18. The van der Waals surface area contributed by atoms with E-state index in [0.717, 1.165) is 6.54 Å². The van der Waals surface area contributed by atoms with Gasteiger partial charge in [-0.2, -0.15) is 0 Å². The largest absolute Gasteiger partial charge is 0.497 e. The van der Waals surface area contributed by atoms with Crippen LogP contribution in [0.25, 0.3) is 0 Å². The highest BCUT2D eigenvalue weighted by Gasteiger charge is 2.09. The van der Waals surface area contributed by atoms with Crippen LogP contribution in [0.15, 0.2) is 48.5 Å². The lowest BCUT2D eigenvalue weighted by molar-refractivity contribution is 0.0949. The Labute approximate surface area is 147 Å². The fourth-order valence-corrected chi connectivity index (χ4v) is 2.18. The number of anilines is 1. The van der Waals surface area contributed by atoms with Crippen molar-refractivity contribution in [3.63, 3.8) is 0 Å². The molecule has 0 saturated carbocycles. The van der Waals surface area contributed by atoms with Crippen LogP contribution in [0.3, 0.4) is 0 Å². The predicted octanol–water partition coefficient (Wildman–Crippen LogP) is 2.24. The number of nitrogens with one attached hydrogen (secondary N) is 2. The summed E-state index contributed by atoms with van der Waals surface area (Å²) in [6.07, 6.45) is 0. The van der Waals surface area contributed by atoms with Crippen molar-refractivity contribution in [3.05, 3.63) is 59.7 Å². The molecule has 25 heavy (non-hydrogen) atoms. The van der Waals surface area contributed by atoms with E-state index in [-0.39, 0.29) is 11.8 Å². The average molecular weight is 341 g/mol. The summed E-state index contributed by atoms with van der Waals surface area (Å²) in [5.74, 6) is 0.281. The van der Waals surface area contributed by atoms with Crippen molar-refractivity contribution in [1.82, 2.24) is 10.2 Å². The van der Waals surface area contributed by atoms with Crippen LogP contribution >= 0.6 is 0 Å². The quantitative estimate of drug-likeness (QED) is 0.810. The number of carbonyl (C=O) groups excluding carboxylic acids is 2. The maximum absolute atomic E-state index is 12.3. The standard InChI is InChI=1S/C19H23N3O3/c1-22(2)12-11-20-18(23)15-5-4-6-16(13-15)21-19(24)14-7-9-17(25-3)10-8-14/h4-10,13H,11-12H2,1-3H3,(H,20,23)(H,21,24). The van der Waals surface area contributed by atoms with Crippen molar-refractivity contribution in [2.45, 2.75) is 0 Å². The van der Waals surface area contributed by atoms with Crippen molar-refractivity contribution in [1.29, 1.82) is 0 Å². The number of likely N-dealkylation sites (N-methyl/N-ethyl adjacent to an activating group) is 1. The Hall–Kier alpha value is -2.86. The normalized spacial score (nSPS) is 10.4. The lowest BCUT2D eigenvalue weighted by Crippen LogP contribution is -2.31. The van der Waals surface area contributed by atoms with E-state index in [1.54, 1.807) is 55.6 Å². The van der Waals surface area contributed by atoms with Gasteiger partial charge in [-0.05, 0) is 56.6 Å². The molecule has 0 aliphatic carbocycles. The Kier molecular flexibility index (Phi) is 6.54. The summed E-state index contributed by atoms with van der Waals surface area (Å²) in [7, 11) is 5.47. The molecule has 0 aliphatic heterocycles. The summed E-state index contributed by atoms with van der Waals surface area (Å²) in [5.41, 5.74) is 1.59. The van der Waals surface area contributed by atoms with Crippen LogP contribution in [0.1, 0.15) is 20.7 Å². The van der Waals surface area contributed by atoms with Crippen molar-refractivity contribution >= 4 is 17.5 Å². The molecule has 0 aliphatic rings. The third-order valence-electron chi connectivity index (χ3n) is 3.58. The van der Waals surface area contributed by atoms with Crippen LogP contribution in [0.4, 0.5) is 5.69 Å². The molecular weight excluding hydrogens is 318 g/mol. The summed E-state index contributed by atoms with van der Waals surface area (Å²) < 4.78 is 5.08. The molecule has 0 unspecified atom stereocenters. The van der Waals surface area contributed by atoms with Gasteiger partial charge in [0.2, 0.25) is 0 Å². The highest BCUT2D eigenvalue weighted by atomic mass is 16.5. The van der Waals surface area contributed by atoms with Gasteiger partial charge in [-0.25, -0.2) is 0 Å². The zero-order chi connectivity index (χ0) is 18.2. The van der Waals surface area contributed by atoms with E-state index < -0.39 is 0 Å². The molecule has 6 heteroatoms. The molecule has 0 saturated heterocycles. The SMILES string of the molecule is COc1ccc(C(=O)Nc2cccc(C(=O)NCCN(C)C)c2)cc1. The van der Waals surface area contributed by atoms with Crippen molar-refractivity contribution in [2.75, 3.05) is 39.6 Å². The summed E-state index contributed by atoms with van der Waals surface area (Å²) in [6, 6.07) is 13.7. The number of hydrogen-bond acceptors (Lipinski definition) is 4. The van der Waals surface area contributed by atoms with Crippen molar-refractivity contribution < 1.29 is 14.3 Å². The first-order valence-corrected chi connectivity index (χ1v) is 7.98. The summed E-state index contributed by atoms with van der Waals surface area (Å²) >= 11 is 0. The minimum Gasteiger partial charge on any atom is -0.497 e. The van der Waals surface area contributed by atoms with Gasteiger partial charge >= 0.3 is 0 Å². The van der Waals surface area contributed by atoms with Crippen molar-refractivity contribution in [2.24, 2.45) is 0 Å². The molecule has 0 radical (unpaired) electrons. The number of benzene rings is 2. The average Bonchev–Trinajstić information content (AvgIpc) is 2.61. The van der Waals surface area contributed by atoms with Crippen molar-refractivity contribution in [3.8, 4) is 5.75 Å². The van der Waals surface area contributed by atoms with E-state index in [9.17, 15) is 9.59 Å². The second-order valence-corrected chi connectivity index (χ2v) is 5.82. The van der Waals surface area contributed by atoms with Gasteiger partial charge in [0.1, 0.15) is 5.75 Å². The molecule has 132 valence electrons. The number of hydrogen-bond donors (Lipinski definition) is 2. The Balaban J connectivity index is 2.00. The third kappa shape index (κ3) is 5.61. The number of nitrogens with zero attached hydrogens (tertiary/aromatic N) is 1. The molecule has 0 fully saturated rings. The third-order valence-corrected chi connectivity index (χ3v) is 3.58. The lowest BCUT2D eigenvalue weighted by Gasteiger charge is -2.11. The van der Waals surface area contributed by atoms with Crippen LogP contribution in [-0.2, 0) is 0 Å². The molecule has 0 heterocycles. The zero-order valence-electron chi connectivity index (χ0n) is 14.7. The predicted molar refractivity (Wildman–Crippen MR) is 98.3 cm³/mol. The summed E-state index contributed by atoms with van der Waals surface area (Å²) in [4.78, 5) is 26.4. The van der Waals surface area contributed by atoms with Gasteiger partial charge in [0.25, 0.3) is 11.8 Å². The van der Waals surface area contributed by atoms with E-state index in [0.29, 0.717) is 29.1 Å². The molecule has 6 nitrogen and oxygen atoms in total. The van der Waals surface area contributed by atoms with Gasteiger partial charge in [0.15, 0.2) is 0 Å². The van der Waals surface area contributed by atoms with E-state index in [1.165, 1.54) is 0 Å². The van der Waals surface area contributed by atoms with Gasteiger partial charge in [-0.1, -0.05) is 6.07 Å². The van der Waals surface area contributed by atoms with Gasteiger partial charge in [-0.3, -0.25) is 9.59 Å². The summed E-state index contributed by atoms with van der Waals surface area (Å²) in [5, 5.41) is 5.65. The smallest absolute Gasteiger partial charge is 0.255 e. The van der Waals surface area contributed by atoms with E-state index in [1.807, 2.05) is 19.0 Å². The molecule has 2 aromatic rings. The minimum absolute atomic E-state index is 0.164. The minimum atomic E-state index is -0.243. The monoisotopic (exact) mass is 341 g/mol. The molecule has 0 bridgehead atoms. The van der Waals surface area contributed by atoms with E-state index in [4.69, 9.17) is 4.74 Å². The van der Waals surface area contributed by atoms with Crippen LogP contribution in [0.5, 0.6) is 5.75 Å². The molecule has 0 spiro atoms. The van der Waals surface area contributed by atoms with Crippen LogP contribution in [0.2, 0.25) is 0 Å². The second-order valence-electron chi connectivity index (χ2n) is 5.82. The Bertz CT molecular complexity index is 727. The topological polar surface area (TPSA) is 70.7 Å². The number of amides is 2. The Morgan fingerprint density at radius 3 is 2.36 bits per heavy atom. The summed E-state index contributed by atoms with van der Waals surface area (Å²) in [6.45, 7) is 1.33. The number of rotatable bonds is 7. The highest BCUT2D eigenvalue weighted by molar-refractivity contribution is 6.05. The number of carbonyl (C=O) groups is 2. The van der Waals surface area contributed by atoms with Gasteiger partial charge in [0, 0.05) is 29.9 Å². The molecule has 2 rings (SSSR count). The molecule has 2 N–H and O–H groups in total. The van der Waals surface area contributed by atoms with Gasteiger partial charge < -0.3 is 20.3 Å².